The number of fused-ring (bicyclic) bond motifs is 3. The van der Waals surface area contributed by atoms with Gasteiger partial charge in [-0.05, 0) is 61.3 Å². The van der Waals surface area contributed by atoms with Crippen molar-refractivity contribution in [3.8, 4) is 11.1 Å². The van der Waals surface area contributed by atoms with Gasteiger partial charge in [0.05, 0.1) is 0 Å². The number of unbranched alkanes of at least 4 members (excludes halogenated alkanes) is 9. The van der Waals surface area contributed by atoms with Crippen molar-refractivity contribution in [2.45, 2.75) is 110 Å². The standard InChI is InChI=1S/C28H40FN/c1-3-5-7-9-10-11-13-15-23-17-19-25-24-18-16-22(14-12-8-6-4-2)28(29)26(24)20-21-27(25)30-23/h16-19H,3-15,20-21H2,1-2H3. The molecule has 1 nitrogen and oxygen atoms in total. The molecule has 3 rings (SSSR count). The molecule has 1 heterocycles. The number of aromatic nitrogens is 1. The van der Waals surface area contributed by atoms with Gasteiger partial charge in [0.1, 0.15) is 5.82 Å². The van der Waals surface area contributed by atoms with Gasteiger partial charge in [-0.25, -0.2) is 4.39 Å². The molecule has 1 aliphatic rings. The minimum absolute atomic E-state index is 0.0433. The average Bonchev–Trinajstić information content (AvgIpc) is 2.77. The van der Waals surface area contributed by atoms with Crippen LogP contribution in [-0.2, 0) is 25.7 Å². The smallest absolute Gasteiger partial charge is 0.130 e. The van der Waals surface area contributed by atoms with Gasteiger partial charge in [-0.1, -0.05) is 89.8 Å². The molecule has 0 bridgehead atoms. The molecule has 0 unspecified atom stereocenters. The van der Waals surface area contributed by atoms with Gasteiger partial charge in [-0.2, -0.15) is 0 Å². The number of aryl methyl sites for hydroxylation is 3. The van der Waals surface area contributed by atoms with Gasteiger partial charge in [0.25, 0.3) is 0 Å². The number of benzene rings is 1. The van der Waals surface area contributed by atoms with Gasteiger partial charge in [-0.15, -0.1) is 0 Å². The zero-order chi connectivity index (χ0) is 21.2. The maximum absolute atomic E-state index is 15.1. The second-order valence-corrected chi connectivity index (χ2v) is 9.04. The molecule has 30 heavy (non-hydrogen) atoms. The predicted octanol–water partition coefficient (Wildman–Crippen LogP) is 8.40. The molecule has 0 spiro atoms. The highest BCUT2D eigenvalue weighted by Crippen LogP contribution is 2.35. The van der Waals surface area contributed by atoms with Gasteiger partial charge in [0, 0.05) is 17.0 Å². The summed E-state index contributed by atoms with van der Waals surface area (Å²) in [6.07, 6.45) is 17.6. The van der Waals surface area contributed by atoms with E-state index in [-0.39, 0.29) is 5.82 Å². The summed E-state index contributed by atoms with van der Waals surface area (Å²) in [6.45, 7) is 4.48. The van der Waals surface area contributed by atoms with Crippen LogP contribution in [0.5, 0.6) is 0 Å². The molecule has 0 amide bonds. The molecule has 0 saturated heterocycles. The lowest BCUT2D eigenvalue weighted by Gasteiger charge is -2.21. The SMILES string of the molecule is CCCCCCCCCc1ccc2c(n1)CCc1c-2ccc(CCCCCC)c1F. The Hall–Kier alpha value is -1.70. The third-order valence-corrected chi connectivity index (χ3v) is 6.59. The predicted molar refractivity (Wildman–Crippen MR) is 127 cm³/mol. The minimum atomic E-state index is 0.0433. The van der Waals surface area contributed by atoms with E-state index in [1.165, 1.54) is 69.9 Å². The molecule has 164 valence electrons. The fourth-order valence-corrected chi connectivity index (χ4v) is 4.73. The number of halogens is 1. The lowest BCUT2D eigenvalue weighted by atomic mass is 9.86. The molecular formula is C28H40FN. The van der Waals surface area contributed by atoms with E-state index in [1.54, 1.807) is 0 Å². The van der Waals surface area contributed by atoms with E-state index in [9.17, 15) is 0 Å². The minimum Gasteiger partial charge on any atom is -0.257 e. The Bertz CT molecular complexity index is 795. The van der Waals surface area contributed by atoms with Crippen molar-refractivity contribution in [2.75, 3.05) is 0 Å². The first-order valence-corrected chi connectivity index (χ1v) is 12.5. The van der Waals surface area contributed by atoms with Crippen LogP contribution in [0.4, 0.5) is 4.39 Å². The topological polar surface area (TPSA) is 12.9 Å². The summed E-state index contributed by atoms with van der Waals surface area (Å²) < 4.78 is 15.1. The first kappa shape index (κ1) is 23.0. The Balaban J connectivity index is 1.59. The van der Waals surface area contributed by atoms with Crippen molar-refractivity contribution >= 4 is 0 Å². The van der Waals surface area contributed by atoms with Crippen molar-refractivity contribution in [1.29, 1.82) is 0 Å². The molecule has 1 aromatic carbocycles. The summed E-state index contributed by atoms with van der Waals surface area (Å²) in [7, 11) is 0. The zero-order valence-corrected chi connectivity index (χ0v) is 19.2. The van der Waals surface area contributed by atoms with E-state index in [4.69, 9.17) is 4.98 Å². The quantitative estimate of drug-likeness (QED) is 0.303. The van der Waals surface area contributed by atoms with Crippen molar-refractivity contribution in [3.05, 3.63) is 52.6 Å². The van der Waals surface area contributed by atoms with E-state index < -0.39 is 0 Å². The number of pyridine rings is 1. The molecular weight excluding hydrogens is 369 g/mol. The summed E-state index contributed by atoms with van der Waals surface area (Å²) in [5.74, 6) is 0.0433. The van der Waals surface area contributed by atoms with E-state index in [2.05, 4.69) is 32.0 Å². The second kappa shape index (κ2) is 12.2. The Kier molecular flexibility index (Phi) is 9.36. The third-order valence-electron chi connectivity index (χ3n) is 6.59. The molecule has 0 atom stereocenters. The van der Waals surface area contributed by atoms with Gasteiger partial charge >= 0.3 is 0 Å². The molecule has 0 radical (unpaired) electrons. The summed E-state index contributed by atoms with van der Waals surface area (Å²) >= 11 is 0. The highest BCUT2D eigenvalue weighted by Gasteiger charge is 2.22. The Morgan fingerprint density at radius 3 is 2.10 bits per heavy atom. The highest BCUT2D eigenvalue weighted by atomic mass is 19.1. The molecule has 0 aliphatic heterocycles. The Morgan fingerprint density at radius 1 is 0.700 bits per heavy atom. The monoisotopic (exact) mass is 409 g/mol. The molecule has 2 aromatic rings. The molecule has 1 aliphatic carbocycles. The van der Waals surface area contributed by atoms with Crippen molar-refractivity contribution in [2.24, 2.45) is 0 Å². The fraction of sp³-hybridized carbons (Fsp3) is 0.607. The van der Waals surface area contributed by atoms with E-state index >= 15 is 4.39 Å². The summed E-state index contributed by atoms with van der Waals surface area (Å²) in [5.41, 5.74) is 6.41. The molecule has 1 aromatic heterocycles. The van der Waals surface area contributed by atoms with Crippen LogP contribution in [0.3, 0.4) is 0 Å². The van der Waals surface area contributed by atoms with Gasteiger partial charge in [0.15, 0.2) is 0 Å². The number of rotatable bonds is 13. The zero-order valence-electron chi connectivity index (χ0n) is 19.2. The number of hydrogen-bond donors (Lipinski definition) is 0. The van der Waals surface area contributed by atoms with E-state index in [0.717, 1.165) is 60.1 Å². The van der Waals surface area contributed by atoms with E-state index in [1.807, 2.05) is 6.07 Å². The molecule has 0 saturated carbocycles. The fourth-order valence-electron chi connectivity index (χ4n) is 4.73. The van der Waals surface area contributed by atoms with Crippen LogP contribution in [0.25, 0.3) is 11.1 Å². The number of nitrogens with zero attached hydrogens (tertiary/aromatic N) is 1. The van der Waals surface area contributed by atoms with Gasteiger partial charge in [-0.3, -0.25) is 4.98 Å². The first-order chi connectivity index (χ1) is 14.7. The van der Waals surface area contributed by atoms with Crippen LogP contribution < -0.4 is 0 Å². The maximum Gasteiger partial charge on any atom is 0.130 e. The molecule has 0 N–H and O–H groups in total. The third kappa shape index (κ3) is 6.15. The summed E-state index contributed by atoms with van der Waals surface area (Å²) in [6, 6.07) is 8.52. The Labute approximate surface area is 183 Å². The van der Waals surface area contributed by atoms with Crippen LogP contribution in [0.1, 0.15) is 107 Å². The molecule has 0 fully saturated rings. The van der Waals surface area contributed by atoms with Crippen LogP contribution >= 0.6 is 0 Å². The number of hydrogen-bond acceptors (Lipinski definition) is 1. The van der Waals surface area contributed by atoms with Crippen molar-refractivity contribution in [1.82, 2.24) is 4.98 Å². The average molecular weight is 410 g/mol. The lowest BCUT2D eigenvalue weighted by molar-refractivity contribution is 0.577. The lowest BCUT2D eigenvalue weighted by Crippen LogP contribution is -2.11. The van der Waals surface area contributed by atoms with Crippen LogP contribution in [-0.4, -0.2) is 4.98 Å². The van der Waals surface area contributed by atoms with E-state index in [0.29, 0.717) is 0 Å². The van der Waals surface area contributed by atoms with Crippen molar-refractivity contribution < 1.29 is 4.39 Å². The van der Waals surface area contributed by atoms with Crippen LogP contribution in [0.2, 0.25) is 0 Å². The summed E-state index contributed by atoms with van der Waals surface area (Å²) in [5, 5.41) is 0. The molecule has 2 heteroatoms. The normalized spacial score (nSPS) is 12.6. The van der Waals surface area contributed by atoms with Gasteiger partial charge in [0.2, 0.25) is 0 Å². The highest BCUT2D eigenvalue weighted by molar-refractivity contribution is 5.72. The van der Waals surface area contributed by atoms with Crippen LogP contribution in [0.15, 0.2) is 24.3 Å². The van der Waals surface area contributed by atoms with Crippen molar-refractivity contribution in [3.63, 3.8) is 0 Å². The van der Waals surface area contributed by atoms with Crippen LogP contribution in [0, 0.1) is 5.82 Å². The summed E-state index contributed by atoms with van der Waals surface area (Å²) in [4.78, 5) is 4.96. The first-order valence-electron chi connectivity index (χ1n) is 12.5. The largest absolute Gasteiger partial charge is 0.257 e. The maximum atomic E-state index is 15.1. The second-order valence-electron chi connectivity index (χ2n) is 9.04. The Morgan fingerprint density at radius 2 is 1.33 bits per heavy atom. The van der Waals surface area contributed by atoms with Gasteiger partial charge < -0.3 is 0 Å².